The molecule has 0 aliphatic heterocycles. The van der Waals surface area contributed by atoms with E-state index in [1.807, 2.05) is 0 Å². The maximum absolute atomic E-state index is 11.0. The number of carbonyl (C=O) groups is 1. The first-order valence-corrected chi connectivity index (χ1v) is 5.19. The Morgan fingerprint density at radius 2 is 2.27 bits per heavy atom. The fourth-order valence-corrected chi connectivity index (χ4v) is 2.89. The van der Waals surface area contributed by atoms with E-state index in [1.165, 1.54) is 27.8 Å². The van der Waals surface area contributed by atoms with Gasteiger partial charge in [0.1, 0.15) is 14.4 Å². The molecular weight excluding hydrogens is 202 g/mol. The predicted octanol–water partition coefficient (Wildman–Crippen LogP) is 1.91. The van der Waals surface area contributed by atoms with Crippen LogP contribution in [0.4, 0.5) is 5.00 Å². The number of hydrogen-bond acceptors (Lipinski definition) is 6. The quantitative estimate of drug-likeness (QED) is 0.434. The van der Waals surface area contributed by atoms with Gasteiger partial charge in [0.25, 0.3) is 0 Å². The summed E-state index contributed by atoms with van der Waals surface area (Å²) in [5, 5.41) is 0.437. The molecule has 0 amide bonds. The largest absolute Gasteiger partial charge is 0.465 e. The summed E-state index contributed by atoms with van der Waals surface area (Å²) < 4.78 is 4.98. The number of ether oxygens (including phenoxy) is 1. The van der Waals surface area contributed by atoms with Gasteiger partial charge in [0.2, 0.25) is 0 Å². The molecule has 0 unspecified atom stereocenters. The Morgan fingerprint density at radius 3 is 2.64 bits per heavy atom. The minimum absolute atomic E-state index is 0.331. The van der Waals surface area contributed by atoms with Gasteiger partial charge < -0.3 is 10.5 Å². The zero-order chi connectivity index (χ0) is 8.43. The summed E-state index contributed by atoms with van der Waals surface area (Å²) in [5.41, 5.74) is 5.81. The van der Waals surface area contributed by atoms with Gasteiger partial charge in [-0.25, -0.2) is 4.79 Å². The summed E-state index contributed by atoms with van der Waals surface area (Å²) in [4.78, 5) is 11.0. The molecule has 0 bridgehead atoms. The van der Waals surface area contributed by atoms with Crippen molar-refractivity contribution in [1.29, 1.82) is 0 Å². The topological polar surface area (TPSA) is 52.3 Å². The van der Waals surface area contributed by atoms with Crippen LogP contribution in [0.2, 0.25) is 0 Å². The summed E-state index contributed by atoms with van der Waals surface area (Å²) in [7, 11) is 3.90. The van der Waals surface area contributed by atoms with Crippen molar-refractivity contribution in [2.24, 2.45) is 0 Å². The molecule has 2 N–H and O–H groups in total. The molecule has 1 aromatic rings. The minimum Gasteiger partial charge on any atom is -0.465 e. The molecule has 6 heteroatoms. The molecule has 0 aromatic carbocycles. The highest BCUT2D eigenvalue weighted by molar-refractivity contribution is 7.80. The monoisotopic (exact) mass is 207 g/mol. The molecule has 0 saturated carbocycles. The van der Waals surface area contributed by atoms with E-state index in [4.69, 9.17) is 18.0 Å². The second-order valence-corrected chi connectivity index (χ2v) is 4.53. The van der Waals surface area contributed by atoms with Gasteiger partial charge >= 0.3 is 5.97 Å². The molecule has 0 aliphatic rings. The normalized spacial score (nSPS) is 9.55. The van der Waals surface area contributed by atoms with E-state index >= 15 is 0 Å². The minimum atomic E-state index is -0.454. The van der Waals surface area contributed by atoms with E-state index in [1.54, 1.807) is 0 Å². The third-order valence-corrected chi connectivity index (χ3v) is 3.93. The lowest BCUT2D eigenvalue weighted by Gasteiger charge is -1.94. The summed E-state index contributed by atoms with van der Waals surface area (Å²) in [6.07, 6.45) is 0. The molecule has 0 atom stereocenters. The van der Waals surface area contributed by atoms with Gasteiger partial charge in [-0.05, 0) is 0 Å². The maximum Gasteiger partial charge on any atom is 0.343 e. The van der Waals surface area contributed by atoms with Crippen LogP contribution in [-0.2, 0) is 4.74 Å². The van der Waals surface area contributed by atoms with Crippen LogP contribution in [0.15, 0.2) is 0 Å². The van der Waals surface area contributed by atoms with Gasteiger partial charge in [-0.1, -0.05) is 32.9 Å². The van der Waals surface area contributed by atoms with Crippen LogP contribution in [-0.4, -0.2) is 13.1 Å². The van der Waals surface area contributed by atoms with Gasteiger partial charge in [-0.15, -0.1) is 0 Å². The molecule has 0 aliphatic carbocycles. The zero-order valence-electron chi connectivity index (χ0n) is 5.62. The standard InChI is InChI=1S/C5H5NO2S3/c1-8-4(7)2-3(6)10-11-5(2)9/h6H2,1H3. The molecule has 3 nitrogen and oxygen atoms in total. The van der Waals surface area contributed by atoms with Crippen molar-refractivity contribution >= 4 is 43.9 Å². The Balaban J connectivity index is 3.21. The molecular formula is C5H5NO2S3. The van der Waals surface area contributed by atoms with E-state index in [-0.39, 0.29) is 0 Å². The lowest BCUT2D eigenvalue weighted by atomic mass is 10.4. The summed E-state index contributed by atoms with van der Waals surface area (Å²) in [6, 6.07) is 0. The first-order chi connectivity index (χ1) is 5.16. The maximum atomic E-state index is 11.0. The molecule has 0 radical (unpaired) electrons. The number of nitrogen functional groups attached to an aromatic ring is 1. The van der Waals surface area contributed by atoms with E-state index < -0.39 is 5.97 Å². The lowest BCUT2D eigenvalue weighted by Crippen LogP contribution is -2.02. The number of methoxy groups -OCH3 is 1. The molecule has 1 heterocycles. The van der Waals surface area contributed by atoms with Crippen molar-refractivity contribution in [3.8, 4) is 0 Å². The van der Waals surface area contributed by atoms with Crippen LogP contribution in [0.25, 0.3) is 0 Å². The van der Waals surface area contributed by atoms with Crippen LogP contribution < -0.4 is 5.73 Å². The van der Waals surface area contributed by atoms with Crippen LogP contribution in [0.5, 0.6) is 0 Å². The second-order valence-electron chi connectivity index (χ2n) is 1.68. The Kier molecular flexibility index (Phi) is 2.58. The summed E-state index contributed by atoms with van der Waals surface area (Å²) >= 11 is 4.86. The van der Waals surface area contributed by atoms with Gasteiger partial charge in [-0.2, -0.15) is 0 Å². The highest BCUT2D eigenvalue weighted by Gasteiger charge is 2.13. The highest BCUT2D eigenvalue weighted by atomic mass is 32.9. The average molecular weight is 207 g/mol. The molecule has 11 heavy (non-hydrogen) atoms. The van der Waals surface area contributed by atoms with Crippen LogP contribution in [0, 0.1) is 3.82 Å². The molecule has 1 rings (SSSR count). The van der Waals surface area contributed by atoms with Crippen molar-refractivity contribution in [3.05, 3.63) is 9.39 Å². The number of esters is 1. The molecule has 1 aromatic heterocycles. The number of nitrogens with two attached hydrogens (primary N) is 1. The van der Waals surface area contributed by atoms with Gasteiger partial charge in [0, 0.05) is 0 Å². The highest BCUT2D eigenvalue weighted by Crippen LogP contribution is 2.27. The fraction of sp³-hybridized carbons (Fsp3) is 0.200. The SMILES string of the molecule is COC(=O)c1c(N)ssc1=S. The first kappa shape index (κ1) is 8.63. The number of rotatable bonds is 1. The third kappa shape index (κ3) is 1.58. The summed E-state index contributed by atoms with van der Waals surface area (Å²) in [6.45, 7) is 0. The van der Waals surface area contributed by atoms with E-state index in [9.17, 15) is 4.79 Å². The summed E-state index contributed by atoms with van der Waals surface area (Å²) in [5.74, 6) is -0.454. The third-order valence-electron chi connectivity index (χ3n) is 1.05. The fourth-order valence-electron chi connectivity index (χ4n) is 0.553. The Bertz CT molecular complexity index is 327. The Hall–Kier alpha value is -0.460. The molecule has 0 spiro atoms. The van der Waals surface area contributed by atoms with Crippen LogP contribution in [0.3, 0.4) is 0 Å². The van der Waals surface area contributed by atoms with Crippen molar-refractivity contribution < 1.29 is 9.53 Å². The van der Waals surface area contributed by atoms with Gasteiger partial charge in [0.05, 0.1) is 7.11 Å². The smallest absolute Gasteiger partial charge is 0.343 e. The van der Waals surface area contributed by atoms with E-state index in [0.717, 1.165) is 0 Å². The molecule has 0 fully saturated rings. The van der Waals surface area contributed by atoms with Crippen LogP contribution in [0.1, 0.15) is 10.4 Å². The Morgan fingerprint density at radius 1 is 1.64 bits per heavy atom. The lowest BCUT2D eigenvalue weighted by molar-refractivity contribution is 0.0602. The van der Waals surface area contributed by atoms with Crippen molar-refractivity contribution in [3.63, 3.8) is 0 Å². The average Bonchev–Trinajstić information content (AvgIpc) is 2.30. The van der Waals surface area contributed by atoms with Gasteiger partial charge in [0.15, 0.2) is 0 Å². The van der Waals surface area contributed by atoms with E-state index in [0.29, 0.717) is 14.4 Å². The Labute approximate surface area is 75.8 Å². The number of carbonyl (C=O) groups excluding carboxylic acids is 1. The van der Waals surface area contributed by atoms with Crippen molar-refractivity contribution in [2.45, 2.75) is 0 Å². The number of hydrogen-bond donors (Lipinski definition) is 1. The van der Waals surface area contributed by atoms with Crippen molar-refractivity contribution in [1.82, 2.24) is 0 Å². The van der Waals surface area contributed by atoms with Crippen LogP contribution >= 0.6 is 32.9 Å². The van der Waals surface area contributed by atoms with Crippen molar-refractivity contribution in [2.75, 3.05) is 12.8 Å². The van der Waals surface area contributed by atoms with E-state index in [2.05, 4.69) is 4.74 Å². The zero-order valence-corrected chi connectivity index (χ0v) is 8.07. The number of anilines is 1. The second kappa shape index (κ2) is 3.29. The molecule has 0 saturated heterocycles. The van der Waals surface area contributed by atoms with Gasteiger partial charge in [-0.3, -0.25) is 0 Å². The molecule has 60 valence electrons. The first-order valence-electron chi connectivity index (χ1n) is 2.63. The predicted molar refractivity (Wildman–Crippen MR) is 48.8 cm³/mol.